The molecule has 0 saturated carbocycles. The number of hydrogen-bond acceptors (Lipinski definition) is 3. The van der Waals surface area contributed by atoms with E-state index in [9.17, 15) is 8.42 Å². The van der Waals surface area contributed by atoms with Crippen LogP contribution >= 0.6 is 11.6 Å². The molecule has 0 bridgehead atoms. The van der Waals surface area contributed by atoms with Gasteiger partial charge in [0.25, 0.3) is 0 Å². The molecule has 0 rings (SSSR count). The van der Waals surface area contributed by atoms with E-state index in [4.69, 9.17) is 16.7 Å². The van der Waals surface area contributed by atoms with Crippen molar-refractivity contribution >= 4 is 21.6 Å². The number of hydrogen-bond donors (Lipinski definition) is 2. The van der Waals surface area contributed by atoms with Crippen LogP contribution in [-0.2, 0) is 10.0 Å². The molecule has 0 amide bonds. The summed E-state index contributed by atoms with van der Waals surface area (Å²) in [6.45, 7) is 3.80. The topological polar surface area (TPSA) is 66.4 Å². The van der Waals surface area contributed by atoms with E-state index >= 15 is 0 Å². The average Bonchev–Trinajstić information content (AvgIpc) is 2.12. The van der Waals surface area contributed by atoms with Gasteiger partial charge >= 0.3 is 0 Å². The van der Waals surface area contributed by atoms with Gasteiger partial charge in [-0.05, 0) is 18.8 Å². The zero-order chi connectivity index (χ0) is 11.9. The third-order valence-electron chi connectivity index (χ3n) is 1.87. The minimum atomic E-state index is -3.30. The second kappa shape index (κ2) is 7.44. The highest BCUT2D eigenvalue weighted by molar-refractivity contribution is 7.89. The molecule has 0 heterocycles. The second-order valence-electron chi connectivity index (χ2n) is 3.99. The van der Waals surface area contributed by atoms with Gasteiger partial charge in [-0.1, -0.05) is 13.8 Å². The van der Waals surface area contributed by atoms with Crippen molar-refractivity contribution in [2.75, 3.05) is 18.2 Å². The van der Waals surface area contributed by atoms with E-state index in [1.807, 2.05) is 13.8 Å². The first-order valence-corrected chi connectivity index (χ1v) is 7.26. The van der Waals surface area contributed by atoms with Gasteiger partial charge in [0.15, 0.2) is 0 Å². The Kier molecular flexibility index (Phi) is 7.52. The normalized spacial score (nSPS) is 14.5. The van der Waals surface area contributed by atoms with Crippen LogP contribution in [0.1, 0.15) is 26.7 Å². The zero-order valence-corrected chi connectivity index (χ0v) is 10.8. The lowest BCUT2D eigenvalue weighted by Crippen LogP contribution is -2.39. The summed E-state index contributed by atoms with van der Waals surface area (Å²) in [6, 6.07) is -0.384. The summed E-state index contributed by atoms with van der Waals surface area (Å²) < 4.78 is 25.4. The fraction of sp³-hybridized carbons (Fsp3) is 1.00. The fourth-order valence-corrected chi connectivity index (χ4v) is 2.90. The lowest BCUT2D eigenvalue weighted by molar-refractivity contribution is 0.240. The molecule has 0 aromatic heterocycles. The standard InChI is InChI=1S/C9H20ClNO3S/c1-8(2)6-9(7-12)11-15(13,14)5-3-4-10/h8-9,11-12H,3-7H2,1-2H3. The van der Waals surface area contributed by atoms with Crippen molar-refractivity contribution in [1.82, 2.24) is 4.72 Å². The monoisotopic (exact) mass is 257 g/mol. The summed E-state index contributed by atoms with van der Waals surface area (Å²) >= 11 is 5.42. The second-order valence-corrected chi connectivity index (χ2v) is 6.24. The van der Waals surface area contributed by atoms with Crippen LogP contribution in [0.25, 0.3) is 0 Å². The third-order valence-corrected chi connectivity index (χ3v) is 3.66. The van der Waals surface area contributed by atoms with Crippen LogP contribution in [0.3, 0.4) is 0 Å². The lowest BCUT2D eigenvalue weighted by Gasteiger charge is -2.17. The minimum Gasteiger partial charge on any atom is -0.395 e. The summed E-state index contributed by atoms with van der Waals surface area (Å²) in [5.74, 6) is 0.692. The number of aliphatic hydroxyl groups excluding tert-OH is 1. The molecule has 0 aliphatic heterocycles. The van der Waals surface area contributed by atoms with Crippen LogP contribution in [0.2, 0.25) is 0 Å². The molecule has 4 nitrogen and oxygen atoms in total. The molecular formula is C9H20ClNO3S. The molecule has 1 unspecified atom stereocenters. The number of aliphatic hydroxyl groups is 1. The van der Waals surface area contributed by atoms with Crippen molar-refractivity contribution < 1.29 is 13.5 Å². The Balaban J connectivity index is 4.15. The number of nitrogens with one attached hydrogen (secondary N) is 1. The molecule has 0 aliphatic rings. The van der Waals surface area contributed by atoms with E-state index in [1.165, 1.54) is 0 Å². The Morgan fingerprint density at radius 2 is 2.00 bits per heavy atom. The van der Waals surface area contributed by atoms with Gasteiger partial charge in [0, 0.05) is 11.9 Å². The van der Waals surface area contributed by atoms with E-state index in [-0.39, 0.29) is 18.4 Å². The Morgan fingerprint density at radius 1 is 1.40 bits per heavy atom. The summed E-state index contributed by atoms with van der Waals surface area (Å²) in [6.07, 6.45) is 1.06. The smallest absolute Gasteiger partial charge is 0.211 e. The van der Waals surface area contributed by atoms with E-state index < -0.39 is 10.0 Å². The molecule has 0 fully saturated rings. The molecule has 0 aliphatic carbocycles. The predicted octanol–water partition coefficient (Wildman–Crippen LogP) is 0.942. The number of sulfonamides is 1. The minimum absolute atomic E-state index is 0.0189. The highest BCUT2D eigenvalue weighted by Crippen LogP contribution is 2.06. The highest BCUT2D eigenvalue weighted by Gasteiger charge is 2.17. The van der Waals surface area contributed by atoms with E-state index in [0.29, 0.717) is 24.6 Å². The Bertz CT molecular complexity index is 254. The van der Waals surface area contributed by atoms with Crippen molar-refractivity contribution in [2.24, 2.45) is 5.92 Å². The van der Waals surface area contributed by atoms with E-state index in [2.05, 4.69) is 4.72 Å². The summed E-state index contributed by atoms with van der Waals surface area (Å²) in [7, 11) is -3.30. The fourth-order valence-electron chi connectivity index (χ4n) is 1.29. The Labute approximate surface area is 97.1 Å². The van der Waals surface area contributed by atoms with Gasteiger partial charge in [-0.2, -0.15) is 0 Å². The van der Waals surface area contributed by atoms with Gasteiger partial charge in [-0.25, -0.2) is 13.1 Å². The molecular weight excluding hydrogens is 238 g/mol. The molecule has 2 N–H and O–H groups in total. The van der Waals surface area contributed by atoms with Crippen LogP contribution in [0.15, 0.2) is 0 Å². The van der Waals surface area contributed by atoms with Gasteiger partial charge in [0.1, 0.15) is 0 Å². The zero-order valence-electron chi connectivity index (χ0n) is 9.24. The molecule has 0 aromatic carbocycles. The van der Waals surface area contributed by atoms with Crippen LogP contribution in [0, 0.1) is 5.92 Å². The Morgan fingerprint density at radius 3 is 2.40 bits per heavy atom. The molecule has 0 spiro atoms. The Hall–Kier alpha value is 0.160. The quantitative estimate of drug-likeness (QED) is 0.636. The van der Waals surface area contributed by atoms with Gasteiger partial charge in [-0.15, -0.1) is 11.6 Å². The van der Waals surface area contributed by atoms with Crippen LogP contribution in [-0.4, -0.2) is 37.8 Å². The van der Waals surface area contributed by atoms with Gasteiger partial charge in [-0.3, -0.25) is 0 Å². The maximum absolute atomic E-state index is 11.5. The highest BCUT2D eigenvalue weighted by atomic mass is 35.5. The lowest BCUT2D eigenvalue weighted by atomic mass is 10.1. The molecule has 1 atom stereocenters. The SMILES string of the molecule is CC(C)CC(CO)NS(=O)(=O)CCCCl. The summed E-state index contributed by atoms with van der Waals surface area (Å²) in [4.78, 5) is 0. The van der Waals surface area contributed by atoms with Gasteiger partial charge in [0.2, 0.25) is 10.0 Å². The van der Waals surface area contributed by atoms with Crippen LogP contribution in [0.5, 0.6) is 0 Å². The van der Waals surface area contributed by atoms with Gasteiger partial charge in [0.05, 0.1) is 12.4 Å². The first-order chi connectivity index (χ1) is 6.91. The molecule has 0 radical (unpaired) electrons. The number of alkyl halides is 1. The summed E-state index contributed by atoms with van der Waals surface area (Å²) in [5, 5.41) is 9.01. The number of halogens is 1. The molecule has 6 heteroatoms. The maximum Gasteiger partial charge on any atom is 0.211 e. The van der Waals surface area contributed by atoms with Crippen molar-refractivity contribution in [1.29, 1.82) is 0 Å². The van der Waals surface area contributed by atoms with Gasteiger partial charge < -0.3 is 5.11 Å². The predicted molar refractivity (Wildman–Crippen MR) is 62.6 cm³/mol. The number of rotatable bonds is 8. The van der Waals surface area contributed by atoms with Crippen molar-refractivity contribution in [3.63, 3.8) is 0 Å². The van der Waals surface area contributed by atoms with Crippen LogP contribution < -0.4 is 4.72 Å². The maximum atomic E-state index is 11.5. The molecule has 15 heavy (non-hydrogen) atoms. The van der Waals surface area contributed by atoms with E-state index in [0.717, 1.165) is 0 Å². The average molecular weight is 258 g/mol. The molecule has 0 aromatic rings. The van der Waals surface area contributed by atoms with Crippen molar-refractivity contribution in [3.8, 4) is 0 Å². The van der Waals surface area contributed by atoms with Crippen molar-refractivity contribution in [3.05, 3.63) is 0 Å². The molecule has 92 valence electrons. The first kappa shape index (κ1) is 15.2. The third kappa shape index (κ3) is 8.02. The molecule has 0 saturated heterocycles. The largest absolute Gasteiger partial charge is 0.395 e. The van der Waals surface area contributed by atoms with E-state index in [1.54, 1.807) is 0 Å². The van der Waals surface area contributed by atoms with Crippen molar-refractivity contribution in [2.45, 2.75) is 32.7 Å². The first-order valence-electron chi connectivity index (χ1n) is 5.08. The van der Waals surface area contributed by atoms with Crippen LogP contribution in [0.4, 0.5) is 0 Å². The summed E-state index contributed by atoms with van der Waals surface area (Å²) in [5.41, 5.74) is 0.